The molecule has 0 fully saturated rings. The molecule has 0 atom stereocenters. The number of nitrogen functional groups attached to an aromatic ring is 2. The van der Waals surface area contributed by atoms with Crippen LogP contribution in [0.25, 0.3) is 0 Å². The van der Waals surface area contributed by atoms with Crippen LogP contribution in [0.1, 0.15) is 5.56 Å². The highest BCUT2D eigenvalue weighted by molar-refractivity contribution is 6.32. The van der Waals surface area contributed by atoms with E-state index in [-0.39, 0.29) is 16.8 Å². The molecule has 18 heavy (non-hydrogen) atoms. The van der Waals surface area contributed by atoms with Crippen molar-refractivity contribution in [3.05, 3.63) is 35.0 Å². The number of halogens is 1. The van der Waals surface area contributed by atoms with Gasteiger partial charge in [0, 0.05) is 5.69 Å². The Bertz CT molecular complexity index is 617. The maximum absolute atomic E-state index is 8.69. The molecule has 7 heteroatoms. The number of hydrogen-bond acceptors (Lipinski definition) is 6. The first kappa shape index (κ1) is 12.0. The lowest BCUT2D eigenvalue weighted by atomic mass is 10.2. The average molecular weight is 261 g/mol. The predicted octanol–water partition coefficient (Wildman–Crippen LogP) is 1.91. The van der Waals surface area contributed by atoms with Gasteiger partial charge in [-0.3, -0.25) is 0 Å². The van der Waals surface area contributed by atoms with Gasteiger partial charge in [-0.2, -0.15) is 15.2 Å². The van der Waals surface area contributed by atoms with E-state index in [1.54, 1.807) is 24.3 Å². The largest absolute Gasteiger partial charge is 0.393 e. The Labute approximate surface area is 108 Å². The van der Waals surface area contributed by atoms with E-state index < -0.39 is 0 Å². The van der Waals surface area contributed by atoms with Crippen molar-refractivity contribution in [3.8, 4) is 6.07 Å². The first-order chi connectivity index (χ1) is 8.60. The minimum Gasteiger partial charge on any atom is -0.393 e. The number of nitrogens with two attached hydrogens (primary N) is 2. The molecule has 0 unspecified atom stereocenters. The second kappa shape index (κ2) is 4.77. The molecular formula is C11H9ClN6. The van der Waals surface area contributed by atoms with Crippen LogP contribution in [-0.2, 0) is 0 Å². The molecule has 0 radical (unpaired) electrons. The van der Waals surface area contributed by atoms with Crippen molar-refractivity contribution < 1.29 is 0 Å². The van der Waals surface area contributed by atoms with Crippen LogP contribution in [0.3, 0.4) is 0 Å². The number of nitriles is 1. The number of rotatable bonds is 2. The Morgan fingerprint density at radius 2 is 1.83 bits per heavy atom. The van der Waals surface area contributed by atoms with E-state index >= 15 is 0 Å². The molecular weight excluding hydrogens is 252 g/mol. The molecule has 0 saturated carbocycles. The van der Waals surface area contributed by atoms with Crippen molar-refractivity contribution in [2.24, 2.45) is 0 Å². The van der Waals surface area contributed by atoms with Gasteiger partial charge in [0.05, 0.1) is 11.6 Å². The summed E-state index contributed by atoms with van der Waals surface area (Å²) in [5, 5.41) is 11.7. The molecule has 0 saturated heterocycles. The van der Waals surface area contributed by atoms with E-state index in [4.69, 9.17) is 28.3 Å². The summed E-state index contributed by atoms with van der Waals surface area (Å²) in [6.07, 6.45) is 0. The lowest BCUT2D eigenvalue weighted by molar-refractivity contribution is 1.19. The molecule has 0 aliphatic carbocycles. The van der Waals surface area contributed by atoms with E-state index in [0.717, 1.165) is 5.69 Å². The minimum atomic E-state index is 0.0327. The van der Waals surface area contributed by atoms with Crippen LogP contribution in [0.2, 0.25) is 5.15 Å². The second-order valence-corrected chi connectivity index (χ2v) is 3.81. The highest BCUT2D eigenvalue weighted by atomic mass is 35.5. The Kier molecular flexibility index (Phi) is 3.17. The topological polar surface area (TPSA) is 114 Å². The zero-order valence-corrected chi connectivity index (χ0v) is 9.94. The van der Waals surface area contributed by atoms with Crippen LogP contribution < -0.4 is 16.8 Å². The standard InChI is InChI=1S/C11H9ClN6/c12-9-8(14)10(18-11(15)17-9)16-7-3-1-6(5-13)2-4-7/h1-4H,14H2,(H3,15,16,17,18). The first-order valence-corrected chi connectivity index (χ1v) is 5.33. The molecule has 5 N–H and O–H groups in total. The van der Waals surface area contributed by atoms with E-state index in [1.165, 1.54) is 0 Å². The third-order valence-electron chi connectivity index (χ3n) is 2.19. The van der Waals surface area contributed by atoms with Gasteiger partial charge in [0.15, 0.2) is 11.0 Å². The fourth-order valence-electron chi connectivity index (χ4n) is 1.32. The van der Waals surface area contributed by atoms with Crippen molar-refractivity contribution in [2.45, 2.75) is 0 Å². The van der Waals surface area contributed by atoms with Crippen LogP contribution in [-0.4, -0.2) is 9.97 Å². The van der Waals surface area contributed by atoms with Crippen molar-refractivity contribution in [2.75, 3.05) is 16.8 Å². The lowest BCUT2D eigenvalue weighted by Gasteiger charge is -2.09. The van der Waals surface area contributed by atoms with Gasteiger partial charge in [-0.05, 0) is 24.3 Å². The fourth-order valence-corrected chi connectivity index (χ4v) is 1.49. The summed E-state index contributed by atoms with van der Waals surface area (Å²) in [7, 11) is 0. The van der Waals surface area contributed by atoms with E-state index in [0.29, 0.717) is 11.4 Å². The summed E-state index contributed by atoms with van der Waals surface area (Å²) in [5.74, 6) is 0.363. The molecule has 1 heterocycles. The molecule has 0 aliphatic rings. The third kappa shape index (κ3) is 2.42. The highest BCUT2D eigenvalue weighted by Gasteiger charge is 2.08. The van der Waals surface area contributed by atoms with E-state index in [2.05, 4.69) is 15.3 Å². The molecule has 0 spiro atoms. The zero-order valence-electron chi connectivity index (χ0n) is 9.18. The molecule has 0 bridgehead atoms. The minimum absolute atomic E-state index is 0.0327. The molecule has 2 aromatic rings. The highest BCUT2D eigenvalue weighted by Crippen LogP contribution is 2.27. The summed E-state index contributed by atoms with van der Waals surface area (Å²) in [6.45, 7) is 0. The van der Waals surface area contributed by atoms with Crippen LogP contribution in [0.5, 0.6) is 0 Å². The van der Waals surface area contributed by atoms with Gasteiger partial charge in [0.25, 0.3) is 0 Å². The molecule has 6 nitrogen and oxygen atoms in total. The lowest BCUT2D eigenvalue weighted by Crippen LogP contribution is -2.05. The van der Waals surface area contributed by atoms with Crippen molar-refractivity contribution in [3.63, 3.8) is 0 Å². The SMILES string of the molecule is N#Cc1ccc(Nc2nc(N)nc(Cl)c2N)cc1. The summed E-state index contributed by atoms with van der Waals surface area (Å²) in [6, 6.07) is 8.82. The van der Waals surface area contributed by atoms with Crippen molar-refractivity contribution in [1.29, 1.82) is 5.26 Å². The maximum atomic E-state index is 8.69. The van der Waals surface area contributed by atoms with Gasteiger partial charge in [-0.25, -0.2) is 0 Å². The Balaban J connectivity index is 2.31. The number of anilines is 4. The van der Waals surface area contributed by atoms with Gasteiger partial charge >= 0.3 is 0 Å². The number of nitrogens with zero attached hydrogens (tertiary/aromatic N) is 3. The smallest absolute Gasteiger partial charge is 0.223 e. The van der Waals surface area contributed by atoms with Crippen LogP contribution in [0, 0.1) is 11.3 Å². The van der Waals surface area contributed by atoms with Crippen LogP contribution >= 0.6 is 11.6 Å². The Morgan fingerprint density at radius 1 is 1.17 bits per heavy atom. The van der Waals surface area contributed by atoms with Gasteiger partial charge < -0.3 is 16.8 Å². The summed E-state index contributed by atoms with van der Waals surface area (Å²) < 4.78 is 0. The maximum Gasteiger partial charge on any atom is 0.223 e. The normalized spacial score (nSPS) is 9.78. The van der Waals surface area contributed by atoms with Crippen molar-refractivity contribution >= 4 is 34.7 Å². The number of benzene rings is 1. The van der Waals surface area contributed by atoms with E-state index in [1.807, 2.05) is 6.07 Å². The predicted molar refractivity (Wildman–Crippen MR) is 70.3 cm³/mol. The third-order valence-corrected chi connectivity index (χ3v) is 2.48. The average Bonchev–Trinajstić information content (AvgIpc) is 2.36. The Morgan fingerprint density at radius 3 is 2.44 bits per heavy atom. The number of aromatic nitrogens is 2. The molecule has 2 rings (SSSR count). The van der Waals surface area contributed by atoms with Crippen LogP contribution in [0.4, 0.5) is 23.1 Å². The monoisotopic (exact) mass is 260 g/mol. The molecule has 1 aromatic carbocycles. The van der Waals surface area contributed by atoms with E-state index in [9.17, 15) is 0 Å². The first-order valence-electron chi connectivity index (χ1n) is 4.96. The van der Waals surface area contributed by atoms with Gasteiger partial charge in [-0.15, -0.1) is 0 Å². The number of hydrogen-bond donors (Lipinski definition) is 3. The molecule has 1 aromatic heterocycles. The van der Waals surface area contributed by atoms with Gasteiger partial charge in [0.1, 0.15) is 5.69 Å². The number of nitrogens with one attached hydrogen (secondary N) is 1. The fraction of sp³-hybridized carbons (Fsp3) is 0. The molecule has 0 amide bonds. The second-order valence-electron chi connectivity index (χ2n) is 3.45. The van der Waals surface area contributed by atoms with Crippen molar-refractivity contribution in [1.82, 2.24) is 9.97 Å². The summed E-state index contributed by atoms with van der Waals surface area (Å²) in [5.41, 5.74) is 12.7. The quantitative estimate of drug-likeness (QED) is 0.711. The molecule has 0 aliphatic heterocycles. The van der Waals surface area contributed by atoms with Gasteiger partial charge in [-0.1, -0.05) is 11.6 Å². The summed E-state index contributed by atoms with van der Waals surface area (Å²) >= 11 is 5.79. The zero-order chi connectivity index (χ0) is 13.1. The summed E-state index contributed by atoms with van der Waals surface area (Å²) in [4.78, 5) is 7.68. The molecule has 90 valence electrons. The van der Waals surface area contributed by atoms with Crippen LogP contribution in [0.15, 0.2) is 24.3 Å². The van der Waals surface area contributed by atoms with Gasteiger partial charge in [0.2, 0.25) is 5.95 Å². The Hall–Kier alpha value is -2.52.